The summed E-state index contributed by atoms with van der Waals surface area (Å²) in [6, 6.07) is 0. The zero-order valence-electron chi connectivity index (χ0n) is 8.92. The largest absolute Gasteiger partial charge is 0.389 e. The summed E-state index contributed by atoms with van der Waals surface area (Å²) >= 11 is 0. The second-order valence-electron chi connectivity index (χ2n) is 4.24. The van der Waals surface area contributed by atoms with Crippen LogP contribution in [0.4, 0.5) is 0 Å². The van der Waals surface area contributed by atoms with Crippen LogP contribution in [0.2, 0.25) is 0 Å². The van der Waals surface area contributed by atoms with Crippen LogP contribution >= 0.6 is 0 Å². The van der Waals surface area contributed by atoms with Crippen molar-refractivity contribution >= 4 is 10.8 Å². The third-order valence-corrected chi connectivity index (χ3v) is 3.64. The van der Waals surface area contributed by atoms with E-state index in [0.29, 0.717) is 6.54 Å². The fourth-order valence-corrected chi connectivity index (χ4v) is 2.48. The van der Waals surface area contributed by atoms with Gasteiger partial charge < -0.3 is 10.4 Å². The smallest absolute Gasteiger partial charge is 0.0771 e. The van der Waals surface area contributed by atoms with Crippen molar-refractivity contribution in [1.82, 2.24) is 5.32 Å². The van der Waals surface area contributed by atoms with E-state index in [0.717, 1.165) is 44.4 Å². The number of aliphatic hydroxyl groups is 1. The molecule has 1 saturated carbocycles. The summed E-state index contributed by atoms with van der Waals surface area (Å²) in [6.45, 7) is 1.56. The predicted octanol–water partition coefficient (Wildman–Crippen LogP) is 0.650. The number of hydrogen-bond donors (Lipinski definition) is 2. The van der Waals surface area contributed by atoms with Crippen molar-refractivity contribution in [2.24, 2.45) is 0 Å². The third kappa shape index (κ3) is 4.53. The molecule has 1 aliphatic rings. The summed E-state index contributed by atoms with van der Waals surface area (Å²) in [6.07, 6.45) is 6.82. The van der Waals surface area contributed by atoms with Crippen LogP contribution in [0.25, 0.3) is 0 Å². The first-order chi connectivity index (χ1) is 6.62. The molecule has 1 atom stereocenters. The minimum atomic E-state index is -0.684. The Morgan fingerprint density at radius 1 is 1.43 bits per heavy atom. The fraction of sp³-hybridized carbons (Fsp3) is 1.00. The van der Waals surface area contributed by atoms with Gasteiger partial charge in [0.15, 0.2) is 0 Å². The van der Waals surface area contributed by atoms with Gasteiger partial charge in [0.25, 0.3) is 0 Å². The quantitative estimate of drug-likeness (QED) is 0.645. The minimum absolute atomic E-state index is 0.453. The van der Waals surface area contributed by atoms with E-state index in [-0.39, 0.29) is 0 Å². The molecule has 0 radical (unpaired) electrons. The number of hydrogen-bond acceptors (Lipinski definition) is 3. The van der Waals surface area contributed by atoms with Crippen molar-refractivity contribution in [3.05, 3.63) is 0 Å². The maximum atomic E-state index is 10.8. The summed E-state index contributed by atoms with van der Waals surface area (Å²) in [5.74, 6) is 0.755. The molecule has 84 valence electrons. The molecule has 14 heavy (non-hydrogen) atoms. The van der Waals surface area contributed by atoms with Crippen molar-refractivity contribution in [2.75, 3.05) is 25.1 Å². The summed E-state index contributed by atoms with van der Waals surface area (Å²) < 4.78 is 10.8. The van der Waals surface area contributed by atoms with Crippen LogP contribution in [0, 0.1) is 0 Å². The number of nitrogens with one attached hydrogen (secondary N) is 1. The molecule has 0 aromatic rings. The molecule has 1 unspecified atom stereocenters. The van der Waals surface area contributed by atoms with Gasteiger partial charge in [0, 0.05) is 29.4 Å². The Labute approximate surface area is 88.7 Å². The molecule has 1 aliphatic carbocycles. The molecular formula is C10H21NO2S. The van der Waals surface area contributed by atoms with E-state index in [2.05, 4.69) is 5.32 Å². The van der Waals surface area contributed by atoms with Gasteiger partial charge in [-0.2, -0.15) is 0 Å². The molecule has 2 N–H and O–H groups in total. The molecule has 0 aromatic heterocycles. The van der Waals surface area contributed by atoms with Gasteiger partial charge in [-0.05, 0) is 25.8 Å². The van der Waals surface area contributed by atoms with Gasteiger partial charge in [-0.3, -0.25) is 4.21 Å². The lowest BCUT2D eigenvalue weighted by atomic mass is 10.0. The topological polar surface area (TPSA) is 49.3 Å². The van der Waals surface area contributed by atoms with Gasteiger partial charge in [0.2, 0.25) is 0 Å². The van der Waals surface area contributed by atoms with Crippen LogP contribution in [0.3, 0.4) is 0 Å². The Morgan fingerprint density at radius 2 is 2.07 bits per heavy atom. The van der Waals surface area contributed by atoms with E-state index >= 15 is 0 Å². The lowest BCUT2D eigenvalue weighted by Gasteiger charge is -2.22. The maximum absolute atomic E-state index is 10.8. The highest BCUT2D eigenvalue weighted by atomic mass is 32.2. The van der Waals surface area contributed by atoms with Crippen molar-refractivity contribution < 1.29 is 9.32 Å². The molecule has 0 aliphatic heterocycles. The Hall–Kier alpha value is 0.0700. The van der Waals surface area contributed by atoms with Gasteiger partial charge in [-0.1, -0.05) is 12.8 Å². The predicted molar refractivity (Wildman–Crippen MR) is 59.8 cm³/mol. The molecule has 0 bridgehead atoms. The average Bonchev–Trinajstić information content (AvgIpc) is 2.51. The summed E-state index contributed by atoms with van der Waals surface area (Å²) in [4.78, 5) is 0. The van der Waals surface area contributed by atoms with Crippen molar-refractivity contribution in [1.29, 1.82) is 0 Å². The lowest BCUT2D eigenvalue weighted by Crippen LogP contribution is -2.38. The Morgan fingerprint density at radius 3 is 2.64 bits per heavy atom. The monoisotopic (exact) mass is 219 g/mol. The van der Waals surface area contributed by atoms with Gasteiger partial charge in [-0.25, -0.2) is 0 Å². The molecule has 4 heteroatoms. The molecule has 0 saturated heterocycles. The molecule has 0 heterocycles. The van der Waals surface area contributed by atoms with Gasteiger partial charge in [0.05, 0.1) is 5.60 Å². The van der Waals surface area contributed by atoms with E-state index in [1.165, 1.54) is 0 Å². The molecule has 0 aromatic carbocycles. The fourth-order valence-electron chi connectivity index (χ4n) is 1.93. The second-order valence-corrected chi connectivity index (χ2v) is 5.79. The summed E-state index contributed by atoms with van der Waals surface area (Å²) in [5, 5.41) is 13.2. The van der Waals surface area contributed by atoms with Gasteiger partial charge in [-0.15, -0.1) is 0 Å². The Balaban J connectivity index is 2.00. The highest BCUT2D eigenvalue weighted by molar-refractivity contribution is 7.84. The SMILES string of the molecule is CS(=O)CCCNCC1(O)CCCC1. The Kier molecular flexibility index (Phi) is 5.06. The zero-order valence-corrected chi connectivity index (χ0v) is 9.74. The molecule has 1 fully saturated rings. The molecule has 3 nitrogen and oxygen atoms in total. The molecular weight excluding hydrogens is 198 g/mol. The summed E-state index contributed by atoms with van der Waals surface area (Å²) in [7, 11) is -0.684. The van der Waals surface area contributed by atoms with Crippen LogP contribution in [-0.4, -0.2) is 40.0 Å². The van der Waals surface area contributed by atoms with E-state index in [1.807, 2.05) is 0 Å². The molecule has 0 amide bonds. The average molecular weight is 219 g/mol. The summed E-state index contributed by atoms with van der Waals surface area (Å²) in [5.41, 5.74) is -0.453. The zero-order chi connectivity index (χ0) is 10.4. The van der Waals surface area contributed by atoms with E-state index in [9.17, 15) is 9.32 Å². The normalized spacial score (nSPS) is 22.4. The van der Waals surface area contributed by atoms with Gasteiger partial charge >= 0.3 is 0 Å². The highest BCUT2D eigenvalue weighted by Gasteiger charge is 2.30. The highest BCUT2D eigenvalue weighted by Crippen LogP contribution is 2.28. The van der Waals surface area contributed by atoms with E-state index < -0.39 is 16.4 Å². The first kappa shape index (κ1) is 12.1. The Bertz CT molecular complexity index is 191. The van der Waals surface area contributed by atoms with E-state index in [4.69, 9.17) is 0 Å². The standard InChI is InChI=1S/C10H21NO2S/c1-14(13)8-4-7-11-9-10(12)5-2-3-6-10/h11-12H,2-9H2,1H3. The third-order valence-electron chi connectivity index (χ3n) is 2.77. The van der Waals surface area contributed by atoms with Crippen LogP contribution in [0.5, 0.6) is 0 Å². The number of rotatable bonds is 6. The molecule has 1 rings (SSSR count). The van der Waals surface area contributed by atoms with E-state index in [1.54, 1.807) is 6.26 Å². The molecule has 0 spiro atoms. The van der Waals surface area contributed by atoms with Crippen LogP contribution in [0.15, 0.2) is 0 Å². The van der Waals surface area contributed by atoms with Crippen LogP contribution < -0.4 is 5.32 Å². The lowest BCUT2D eigenvalue weighted by molar-refractivity contribution is 0.0480. The van der Waals surface area contributed by atoms with Crippen molar-refractivity contribution in [2.45, 2.75) is 37.7 Å². The van der Waals surface area contributed by atoms with Crippen molar-refractivity contribution in [3.63, 3.8) is 0 Å². The van der Waals surface area contributed by atoms with Crippen molar-refractivity contribution in [3.8, 4) is 0 Å². The first-order valence-corrected chi connectivity index (χ1v) is 7.08. The second kappa shape index (κ2) is 5.83. The van der Waals surface area contributed by atoms with Crippen LogP contribution in [0.1, 0.15) is 32.1 Å². The van der Waals surface area contributed by atoms with Gasteiger partial charge in [0.1, 0.15) is 0 Å². The minimum Gasteiger partial charge on any atom is -0.389 e. The van der Waals surface area contributed by atoms with Crippen LogP contribution in [-0.2, 0) is 10.8 Å². The first-order valence-electron chi connectivity index (χ1n) is 5.35. The maximum Gasteiger partial charge on any atom is 0.0771 e.